The molecule has 1 N–H and O–H groups in total. The van der Waals surface area contributed by atoms with Crippen molar-refractivity contribution in [2.45, 2.75) is 13.8 Å². The van der Waals surface area contributed by atoms with Crippen LogP contribution in [0.15, 0.2) is 46.9 Å². The van der Waals surface area contributed by atoms with Crippen molar-refractivity contribution in [2.24, 2.45) is 0 Å². The minimum Gasteiger partial charge on any atom is -0.490 e. The van der Waals surface area contributed by atoms with Crippen molar-refractivity contribution in [3.8, 4) is 11.5 Å². The number of hydrogen-bond acceptors (Lipinski definition) is 3. The maximum absolute atomic E-state index is 12.1. The molecule has 0 saturated carbocycles. The number of benzene rings is 2. The molecule has 0 bridgehead atoms. The molecule has 0 aromatic heterocycles. The zero-order valence-corrected chi connectivity index (χ0v) is 14.9. The van der Waals surface area contributed by atoms with E-state index in [1.54, 1.807) is 6.07 Å². The molecule has 4 nitrogen and oxygen atoms in total. The van der Waals surface area contributed by atoms with Gasteiger partial charge in [-0.05, 0) is 49.7 Å². The number of nitrogens with one attached hydrogen (secondary N) is 1. The summed E-state index contributed by atoms with van der Waals surface area (Å²) >= 11 is 3.38. The van der Waals surface area contributed by atoms with Crippen LogP contribution in [0.1, 0.15) is 22.8 Å². The van der Waals surface area contributed by atoms with Gasteiger partial charge in [-0.3, -0.25) is 4.79 Å². The fourth-order valence-electron chi connectivity index (χ4n) is 2.11. The highest BCUT2D eigenvalue weighted by Gasteiger charge is 2.13. The predicted octanol–water partition coefficient (Wildman–Crippen LogP) is 3.97. The van der Waals surface area contributed by atoms with E-state index < -0.39 is 0 Å². The monoisotopic (exact) mass is 377 g/mol. The van der Waals surface area contributed by atoms with Gasteiger partial charge in [-0.2, -0.15) is 0 Å². The van der Waals surface area contributed by atoms with E-state index in [1.807, 2.05) is 50.2 Å². The predicted molar refractivity (Wildman–Crippen MR) is 94.3 cm³/mol. The van der Waals surface area contributed by atoms with Crippen molar-refractivity contribution >= 4 is 21.8 Å². The Morgan fingerprint density at radius 2 is 1.78 bits per heavy atom. The summed E-state index contributed by atoms with van der Waals surface area (Å²) in [6.07, 6.45) is 0. The summed E-state index contributed by atoms with van der Waals surface area (Å²) in [5, 5.41) is 2.80. The van der Waals surface area contributed by atoms with Gasteiger partial charge in [0.15, 0.2) is 0 Å². The van der Waals surface area contributed by atoms with Gasteiger partial charge in [0.2, 0.25) is 0 Å². The number of carbonyl (C=O) groups excluding carboxylic acids is 1. The Kier molecular flexibility index (Phi) is 6.47. The van der Waals surface area contributed by atoms with Gasteiger partial charge in [0.05, 0.1) is 5.56 Å². The average molecular weight is 378 g/mol. The lowest BCUT2D eigenvalue weighted by Gasteiger charge is -2.14. The van der Waals surface area contributed by atoms with Crippen molar-refractivity contribution in [2.75, 3.05) is 19.8 Å². The molecule has 0 atom stereocenters. The van der Waals surface area contributed by atoms with Crippen molar-refractivity contribution in [3.63, 3.8) is 0 Å². The molecule has 0 heterocycles. The fourth-order valence-corrected chi connectivity index (χ4v) is 2.38. The fraction of sp³-hybridized carbons (Fsp3) is 0.278. The first-order chi connectivity index (χ1) is 11.1. The smallest absolute Gasteiger partial charge is 0.255 e. The highest BCUT2D eigenvalue weighted by Crippen LogP contribution is 2.23. The summed E-state index contributed by atoms with van der Waals surface area (Å²) < 4.78 is 12.4. The largest absolute Gasteiger partial charge is 0.490 e. The van der Waals surface area contributed by atoms with E-state index in [0.29, 0.717) is 31.1 Å². The summed E-state index contributed by atoms with van der Waals surface area (Å²) in [4.78, 5) is 12.1. The van der Waals surface area contributed by atoms with Crippen LogP contribution < -0.4 is 14.8 Å². The highest BCUT2D eigenvalue weighted by atomic mass is 79.9. The normalized spacial score (nSPS) is 10.2. The van der Waals surface area contributed by atoms with E-state index >= 15 is 0 Å². The molecule has 0 aliphatic rings. The lowest BCUT2D eigenvalue weighted by Crippen LogP contribution is -2.24. The summed E-state index contributed by atoms with van der Waals surface area (Å²) in [5.41, 5.74) is 1.48. The van der Waals surface area contributed by atoms with Gasteiger partial charge in [-0.15, -0.1) is 0 Å². The molecule has 0 radical (unpaired) electrons. The van der Waals surface area contributed by atoms with E-state index in [2.05, 4.69) is 21.2 Å². The van der Waals surface area contributed by atoms with E-state index in [9.17, 15) is 4.79 Å². The van der Waals surface area contributed by atoms with E-state index in [0.717, 1.165) is 15.8 Å². The maximum Gasteiger partial charge on any atom is 0.255 e. The first-order valence-electron chi connectivity index (χ1n) is 7.50. The van der Waals surface area contributed by atoms with Crippen LogP contribution >= 0.6 is 15.9 Å². The third-order valence-corrected chi connectivity index (χ3v) is 3.73. The Morgan fingerprint density at radius 1 is 1.09 bits per heavy atom. The minimum atomic E-state index is -0.125. The topological polar surface area (TPSA) is 47.6 Å². The maximum atomic E-state index is 12.1. The molecule has 0 saturated heterocycles. The second-order valence-electron chi connectivity index (χ2n) is 4.96. The van der Waals surface area contributed by atoms with E-state index in [-0.39, 0.29) is 5.91 Å². The lowest BCUT2D eigenvalue weighted by atomic mass is 10.1. The Labute approximate surface area is 144 Å². The van der Waals surface area contributed by atoms with Crippen LogP contribution in [-0.2, 0) is 0 Å². The minimum absolute atomic E-state index is 0.125. The van der Waals surface area contributed by atoms with Crippen LogP contribution in [0.2, 0.25) is 0 Å². The Hall–Kier alpha value is -2.01. The van der Waals surface area contributed by atoms with Crippen molar-refractivity contribution in [1.29, 1.82) is 0 Å². The molecule has 122 valence electrons. The van der Waals surface area contributed by atoms with Crippen LogP contribution in [0.3, 0.4) is 0 Å². The van der Waals surface area contributed by atoms with Gasteiger partial charge in [0, 0.05) is 11.0 Å². The second kappa shape index (κ2) is 8.58. The lowest BCUT2D eigenvalue weighted by molar-refractivity contribution is 0.0950. The van der Waals surface area contributed by atoms with Crippen molar-refractivity contribution in [3.05, 3.63) is 58.1 Å². The molecule has 2 aromatic carbocycles. The molecule has 0 spiro atoms. The molecule has 0 fully saturated rings. The number of carbonyl (C=O) groups is 1. The standard InChI is InChI=1S/C18H20BrNO3/c1-3-20-18(21)16-6-4-5-13(2)17(16)23-12-11-22-15-9-7-14(19)8-10-15/h4-10H,3,11-12H2,1-2H3,(H,20,21). The Bertz CT molecular complexity index is 656. The molecular formula is C18H20BrNO3. The quantitative estimate of drug-likeness (QED) is 0.742. The molecule has 0 aliphatic heterocycles. The van der Waals surface area contributed by atoms with Crippen molar-refractivity contribution < 1.29 is 14.3 Å². The van der Waals surface area contributed by atoms with Crippen LogP contribution in [0.5, 0.6) is 11.5 Å². The molecule has 2 rings (SSSR count). The number of hydrogen-bond donors (Lipinski definition) is 1. The zero-order valence-electron chi connectivity index (χ0n) is 13.3. The van der Waals surface area contributed by atoms with Gasteiger partial charge in [0.25, 0.3) is 5.91 Å². The van der Waals surface area contributed by atoms with Gasteiger partial charge in [0.1, 0.15) is 24.7 Å². The van der Waals surface area contributed by atoms with Crippen LogP contribution in [0.4, 0.5) is 0 Å². The first-order valence-corrected chi connectivity index (χ1v) is 8.30. The molecule has 5 heteroatoms. The number of para-hydroxylation sites is 1. The van der Waals surface area contributed by atoms with Gasteiger partial charge in [-0.25, -0.2) is 0 Å². The number of amides is 1. The van der Waals surface area contributed by atoms with Crippen LogP contribution in [0.25, 0.3) is 0 Å². The second-order valence-corrected chi connectivity index (χ2v) is 5.88. The van der Waals surface area contributed by atoms with Gasteiger partial charge >= 0.3 is 0 Å². The SMILES string of the molecule is CCNC(=O)c1cccc(C)c1OCCOc1ccc(Br)cc1. The van der Waals surface area contributed by atoms with Crippen molar-refractivity contribution in [1.82, 2.24) is 5.32 Å². The summed E-state index contributed by atoms with van der Waals surface area (Å²) in [7, 11) is 0. The highest BCUT2D eigenvalue weighted by molar-refractivity contribution is 9.10. The molecule has 0 unspecified atom stereocenters. The van der Waals surface area contributed by atoms with Gasteiger partial charge in [-0.1, -0.05) is 28.1 Å². The number of rotatable bonds is 7. The zero-order chi connectivity index (χ0) is 16.7. The number of aryl methyl sites for hydroxylation is 1. The Balaban J connectivity index is 1.94. The Morgan fingerprint density at radius 3 is 2.48 bits per heavy atom. The summed E-state index contributed by atoms with van der Waals surface area (Å²) in [6, 6.07) is 13.2. The van der Waals surface area contributed by atoms with Crippen LogP contribution in [-0.4, -0.2) is 25.7 Å². The third-order valence-electron chi connectivity index (χ3n) is 3.21. The third kappa shape index (κ3) is 4.99. The molecule has 0 aliphatic carbocycles. The molecule has 2 aromatic rings. The number of halogens is 1. The summed E-state index contributed by atoms with van der Waals surface area (Å²) in [6.45, 7) is 5.17. The number of ether oxygens (including phenoxy) is 2. The molecular weight excluding hydrogens is 358 g/mol. The average Bonchev–Trinajstić information content (AvgIpc) is 2.54. The summed E-state index contributed by atoms with van der Waals surface area (Å²) in [5.74, 6) is 1.27. The first kappa shape index (κ1) is 17.3. The van der Waals surface area contributed by atoms with E-state index in [1.165, 1.54) is 0 Å². The van der Waals surface area contributed by atoms with Gasteiger partial charge < -0.3 is 14.8 Å². The van der Waals surface area contributed by atoms with Crippen LogP contribution in [0, 0.1) is 6.92 Å². The van der Waals surface area contributed by atoms with E-state index in [4.69, 9.17) is 9.47 Å². The molecule has 23 heavy (non-hydrogen) atoms. The molecule has 1 amide bonds.